The zero-order valence-electron chi connectivity index (χ0n) is 17.0. The van der Waals surface area contributed by atoms with Crippen molar-refractivity contribution in [3.05, 3.63) is 54.3 Å². The minimum atomic E-state index is -3.54. The minimum absolute atomic E-state index is 0.119. The van der Waals surface area contributed by atoms with Crippen LogP contribution >= 0.6 is 0 Å². The van der Waals surface area contributed by atoms with Gasteiger partial charge < -0.3 is 15.0 Å². The first-order valence-electron chi connectivity index (χ1n) is 10.2. The standard InChI is InChI=1S/C22H27FN2O4S/c1-2-3-16-29-19-8-6-18(7-9-19)24-22(26)25-14-12-21(13-15-25)30(27,28)20-10-4-17(23)5-11-20/h4-11,21H,2-3,12-16H2,1H3,(H,24,26). The van der Waals surface area contributed by atoms with Crippen molar-refractivity contribution >= 4 is 21.6 Å². The van der Waals surface area contributed by atoms with E-state index in [0.717, 1.165) is 30.7 Å². The molecule has 0 aliphatic carbocycles. The van der Waals surface area contributed by atoms with Gasteiger partial charge in [0.1, 0.15) is 11.6 Å². The maximum atomic E-state index is 13.1. The first-order valence-corrected chi connectivity index (χ1v) is 11.7. The quantitative estimate of drug-likeness (QED) is 0.515. The van der Waals surface area contributed by atoms with E-state index in [2.05, 4.69) is 12.2 Å². The smallest absolute Gasteiger partial charge is 0.321 e. The van der Waals surface area contributed by atoms with Crippen LogP contribution in [0.2, 0.25) is 0 Å². The molecule has 0 atom stereocenters. The van der Waals surface area contributed by atoms with E-state index in [9.17, 15) is 17.6 Å². The number of hydrogen-bond acceptors (Lipinski definition) is 4. The average molecular weight is 435 g/mol. The first kappa shape index (κ1) is 22.1. The fraction of sp³-hybridized carbons (Fsp3) is 0.409. The van der Waals surface area contributed by atoms with E-state index in [1.807, 2.05) is 12.1 Å². The molecule has 30 heavy (non-hydrogen) atoms. The van der Waals surface area contributed by atoms with Crippen LogP contribution in [0.25, 0.3) is 0 Å². The summed E-state index contributed by atoms with van der Waals surface area (Å²) in [5, 5.41) is 2.26. The molecule has 2 aromatic carbocycles. The zero-order chi connectivity index (χ0) is 21.6. The number of amides is 2. The Balaban J connectivity index is 1.52. The van der Waals surface area contributed by atoms with Gasteiger partial charge in [-0.05, 0) is 67.8 Å². The van der Waals surface area contributed by atoms with Crippen molar-refractivity contribution in [2.24, 2.45) is 0 Å². The summed E-state index contributed by atoms with van der Waals surface area (Å²) in [5.74, 6) is 0.286. The van der Waals surface area contributed by atoms with E-state index in [1.165, 1.54) is 12.1 Å². The molecule has 0 unspecified atom stereocenters. The van der Waals surface area contributed by atoms with E-state index < -0.39 is 20.9 Å². The van der Waals surface area contributed by atoms with Crippen LogP contribution in [-0.2, 0) is 9.84 Å². The van der Waals surface area contributed by atoms with E-state index in [1.54, 1.807) is 17.0 Å². The van der Waals surface area contributed by atoms with E-state index in [-0.39, 0.29) is 10.9 Å². The molecule has 2 amide bonds. The molecule has 1 aliphatic heterocycles. The third-order valence-electron chi connectivity index (χ3n) is 5.18. The summed E-state index contributed by atoms with van der Waals surface area (Å²) in [6.45, 7) is 3.45. The van der Waals surface area contributed by atoms with Gasteiger partial charge in [-0.3, -0.25) is 0 Å². The number of ether oxygens (including phenoxy) is 1. The molecule has 1 N–H and O–H groups in total. The summed E-state index contributed by atoms with van der Waals surface area (Å²) < 4.78 is 44.2. The summed E-state index contributed by atoms with van der Waals surface area (Å²) in [7, 11) is -3.54. The molecule has 0 aromatic heterocycles. The first-order chi connectivity index (χ1) is 14.4. The number of halogens is 1. The summed E-state index contributed by atoms with van der Waals surface area (Å²) in [6, 6.07) is 11.8. The Bertz CT molecular complexity index is 938. The molecule has 1 aliphatic rings. The van der Waals surface area contributed by atoms with E-state index in [0.29, 0.717) is 38.2 Å². The van der Waals surface area contributed by atoms with Crippen LogP contribution in [-0.4, -0.2) is 44.3 Å². The van der Waals surface area contributed by atoms with Crippen LogP contribution in [0.15, 0.2) is 53.4 Å². The summed E-state index contributed by atoms with van der Waals surface area (Å²) >= 11 is 0. The molecular weight excluding hydrogens is 407 g/mol. The number of unbranched alkanes of at least 4 members (excludes halogenated alkanes) is 1. The molecule has 6 nitrogen and oxygen atoms in total. The van der Waals surface area contributed by atoms with Gasteiger partial charge in [-0.2, -0.15) is 0 Å². The molecule has 1 fully saturated rings. The Morgan fingerprint density at radius 1 is 1.10 bits per heavy atom. The molecule has 1 saturated heterocycles. The van der Waals surface area contributed by atoms with Crippen LogP contribution in [0.5, 0.6) is 5.75 Å². The van der Waals surface area contributed by atoms with Crippen LogP contribution in [0.3, 0.4) is 0 Å². The molecule has 8 heteroatoms. The Hall–Kier alpha value is -2.61. The Morgan fingerprint density at radius 2 is 1.73 bits per heavy atom. The largest absolute Gasteiger partial charge is 0.494 e. The molecule has 0 saturated carbocycles. The molecule has 0 radical (unpaired) electrons. The van der Waals surface area contributed by atoms with Gasteiger partial charge in [0, 0.05) is 18.8 Å². The highest BCUT2D eigenvalue weighted by atomic mass is 32.2. The number of piperidine rings is 1. The van der Waals surface area contributed by atoms with Crippen LogP contribution in [0.4, 0.5) is 14.9 Å². The number of carbonyl (C=O) groups is 1. The fourth-order valence-electron chi connectivity index (χ4n) is 3.36. The lowest BCUT2D eigenvalue weighted by Crippen LogP contribution is -2.44. The van der Waals surface area contributed by atoms with Crippen molar-refractivity contribution in [2.45, 2.75) is 42.8 Å². The number of nitrogens with one attached hydrogen (secondary N) is 1. The maximum Gasteiger partial charge on any atom is 0.321 e. The second-order valence-corrected chi connectivity index (χ2v) is 9.57. The molecule has 162 valence electrons. The van der Waals surface area contributed by atoms with Gasteiger partial charge in [0.05, 0.1) is 16.8 Å². The number of benzene rings is 2. The van der Waals surface area contributed by atoms with Gasteiger partial charge in [-0.25, -0.2) is 17.6 Å². The number of likely N-dealkylation sites (tertiary alicyclic amines) is 1. The fourth-order valence-corrected chi connectivity index (χ4v) is 5.09. The number of anilines is 1. The predicted molar refractivity (Wildman–Crippen MR) is 114 cm³/mol. The highest BCUT2D eigenvalue weighted by molar-refractivity contribution is 7.92. The van der Waals surface area contributed by atoms with Crippen molar-refractivity contribution in [1.82, 2.24) is 4.90 Å². The monoisotopic (exact) mass is 434 g/mol. The molecule has 1 heterocycles. The summed E-state index contributed by atoms with van der Waals surface area (Å²) in [5.41, 5.74) is 0.656. The van der Waals surface area contributed by atoms with Gasteiger partial charge in [0.2, 0.25) is 0 Å². The highest BCUT2D eigenvalue weighted by Gasteiger charge is 2.32. The van der Waals surface area contributed by atoms with Gasteiger partial charge in [-0.15, -0.1) is 0 Å². The average Bonchev–Trinajstić information content (AvgIpc) is 2.75. The molecule has 3 rings (SSSR count). The number of nitrogens with zero attached hydrogens (tertiary/aromatic N) is 1. The molecule has 0 bridgehead atoms. The predicted octanol–water partition coefficient (Wildman–Crippen LogP) is 4.47. The van der Waals surface area contributed by atoms with Crippen molar-refractivity contribution in [2.75, 3.05) is 25.0 Å². The van der Waals surface area contributed by atoms with E-state index >= 15 is 0 Å². The topological polar surface area (TPSA) is 75.7 Å². The number of hydrogen-bond donors (Lipinski definition) is 1. The van der Waals surface area contributed by atoms with Crippen molar-refractivity contribution < 1.29 is 22.3 Å². The SMILES string of the molecule is CCCCOc1ccc(NC(=O)N2CCC(S(=O)(=O)c3ccc(F)cc3)CC2)cc1. The molecule has 2 aromatic rings. The normalized spacial score (nSPS) is 15.1. The molecule has 0 spiro atoms. The van der Waals surface area contributed by atoms with Gasteiger partial charge >= 0.3 is 6.03 Å². The lowest BCUT2D eigenvalue weighted by Gasteiger charge is -2.31. The third kappa shape index (κ3) is 5.50. The van der Waals surface area contributed by atoms with Crippen LogP contribution < -0.4 is 10.1 Å². The number of urea groups is 1. The number of sulfone groups is 1. The Labute approximate surface area is 177 Å². The zero-order valence-corrected chi connectivity index (χ0v) is 17.8. The summed E-state index contributed by atoms with van der Waals surface area (Å²) in [6.07, 6.45) is 2.75. The second-order valence-electron chi connectivity index (χ2n) is 7.34. The minimum Gasteiger partial charge on any atom is -0.494 e. The van der Waals surface area contributed by atoms with Crippen LogP contribution in [0.1, 0.15) is 32.6 Å². The van der Waals surface area contributed by atoms with Crippen molar-refractivity contribution in [3.63, 3.8) is 0 Å². The van der Waals surface area contributed by atoms with Gasteiger partial charge in [-0.1, -0.05) is 13.3 Å². The third-order valence-corrected chi connectivity index (χ3v) is 7.46. The Morgan fingerprint density at radius 3 is 2.33 bits per heavy atom. The van der Waals surface area contributed by atoms with Gasteiger partial charge in [0.25, 0.3) is 0 Å². The highest BCUT2D eigenvalue weighted by Crippen LogP contribution is 2.25. The number of rotatable bonds is 7. The van der Waals surface area contributed by atoms with Gasteiger partial charge in [0.15, 0.2) is 9.84 Å². The summed E-state index contributed by atoms with van der Waals surface area (Å²) in [4.78, 5) is 14.3. The maximum absolute atomic E-state index is 13.1. The lowest BCUT2D eigenvalue weighted by molar-refractivity contribution is 0.200. The Kier molecular flexibility index (Phi) is 7.31. The number of carbonyl (C=O) groups excluding carboxylic acids is 1. The second kappa shape index (κ2) is 9.93. The van der Waals surface area contributed by atoms with Crippen molar-refractivity contribution in [1.29, 1.82) is 0 Å². The van der Waals surface area contributed by atoms with Crippen molar-refractivity contribution in [3.8, 4) is 5.75 Å². The lowest BCUT2D eigenvalue weighted by atomic mass is 10.1. The van der Waals surface area contributed by atoms with Crippen LogP contribution in [0, 0.1) is 5.82 Å². The van der Waals surface area contributed by atoms with E-state index in [4.69, 9.17) is 4.74 Å². The molecular formula is C22H27FN2O4S.